The van der Waals surface area contributed by atoms with Crippen molar-refractivity contribution in [3.63, 3.8) is 0 Å². The number of hydrogen-bond donors (Lipinski definition) is 8. The molecule has 0 radical (unpaired) electrons. The van der Waals surface area contributed by atoms with Crippen LogP contribution in [0.3, 0.4) is 0 Å². The molecule has 2 aromatic carbocycles. The fraction of sp³-hybridized carbons (Fsp3) is 0.519. The molecule has 0 spiro atoms. The molecule has 224 valence electrons. The van der Waals surface area contributed by atoms with Gasteiger partial charge in [-0.15, -0.1) is 0 Å². The summed E-state index contributed by atoms with van der Waals surface area (Å²) in [6.45, 7) is 0.980. The van der Waals surface area contributed by atoms with Crippen LogP contribution in [-0.4, -0.2) is 115 Å². The largest absolute Gasteiger partial charge is 0.508 e. The number of rotatable bonds is 6. The van der Waals surface area contributed by atoms with Crippen LogP contribution in [0.1, 0.15) is 35.4 Å². The zero-order valence-corrected chi connectivity index (χ0v) is 21.8. The van der Waals surface area contributed by atoms with Gasteiger partial charge in [0.25, 0.3) is 0 Å². The number of Topliss-reactive ketones (excluding diaryl/α,β-unsaturated/α-hetero) is 1. The van der Waals surface area contributed by atoms with Crippen LogP contribution >= 0.6 is 0 Å². The summed E-state index contributed by atoms with van der Waals surface area (Å²) in [6, 6.07) is 8.51. The van der Waals surface area contributed by atoms with E-state index in [2.05, 4.69) is 0 Å². The summed E-state index contributed by atoms with van der Waals surface area (Å²) in [5.74, 6) is -0.893. The summed E-state index contributed by atoms with van der Waals surface area (Å²) >= 11 is 0. The number of ketones is 1. The van der Waals surface area contributed by atoms with E-state index >= 15 is 0 Å². The van der Waals surface area contributed by atoms with Gasteiger partial charge in [-0.2, -0.15) is 0 Å². The van der Waals surface area contributed by atoms with Gasteiger partial charge in [-0.05, 0) is 24.6 Å². The molecule has 0 bridgehead atoms. The second kappa shape index (κ2) is 11.7. The molecule has 3 aliphatic heterocycles. The number of phenolic OH excluding ortho intramolecular Hbond substituents is 2. The third kappa shape index (κ3) is 5.83. The molecule has 2 aromatic rings. The van der Waals surface area contributed by atoms with Crippen molar-refractivity contribution in [2.24, 2.45) is 0 Å². The Morgan fingerprint density at radius 2 is 1.49 bits per heavy atom. The highest BCUT2D eigenvalue weighted by Crippen LogP contribution is 2.42. The second-order valence-electron chi connectivity index (χ2n) is 10.3. The van der Waals surface area contributed by atoms with Crippen molar-refractivity contribution in [3.8, 4) is 23.0 Å². The topological polar surface area (TPSA) is 225 Å². The van der Waals surface area contributed by atoms with Gasteiger partial charge in [0.2, 0.25) is 6.29 Å². The third-order valence-corrected chi connectivity index (χ3v) is 7.39. The van der Waals surface area contributed by atoms with Gasteiger partial charge < -0.3 is 64.5 Å². The number of phenols is 2. The number of hydrogen-bond acceptors (Lipinski definition) is 14. The molecular formula is C27H32O14. The molecule has 2 fully saturated rings. The van der Waals surface area contributed by atoms with Crippen LogP contribution in [0.15, 0.2) is 36.4 Å². The van der Waals surface area contributed by atoms with Crippen molar-refractivity contribution in [3.05, 3.63) is 47.5 Å². The second-order valence-corrected chi connectivity index (χ2v) is 10.3. The first kappa shape index (κ1) is 29.4. The number of benzene rings is 2. The molecule has 3 aliphatic rings. The van der Waals surface area contributed by atoms with Gasteiger partial charge in [-0.3, -0.25) is 4.79 Å². The monoisotopic (exact) mass is 580 g/mol. The van der Waals surface area contributed by atoms with E-state index in [1.165, 1.54) is 25.1 Å². The lowest BCUT2D eigenvalue weighted by Crippen LogP contribution is -2.61. The highest BCUT2D eigenvalue weighted by Gasteiger charge is 2.47. The smallest absolute Gasteiger partial charge is 0.229 e. The van der Waals surface area contributed by atoms with Crippen LogP contribution in [-0.2, 0) is 14.2 Å². The van der Waals surface area contributed by atoms with Crippen molar-refractivity contribution in [2.75, 3.05) is 6.61 Å². The van der Waals surface area contributed by atoms with Crippen LogP contribution in [0.4, 0.5) is 0 Å². The summed E-state index contributed by atoms with van der Waals surface area (Å²) in [7, 11) is 0. The Morgan fingerprint density at radius 1 is 0.829 bits per heavy atom. The summed E-state index contributed by atoms with van der Waals surface area (Å²) < 4.78 is 28.0. The average Bonchev–Trinajstić information content (AvgIpc) is 2.94. The summed E-state index contributed by atoms with van der Waals surface area (Å²) in [6.07, 6.45) is -15.6. The maximum atomic E-state index is 12.8. The number of carbonyl (C=O) groups is 1. The lowest BCUT2D eigenvalue weighted by molar-refractivity contribution is -0.318. The molecule has 5 rings (SSSR count). The van der Waals surface area contributed by atoms with Crippen molar-refractivity contribution < 1.29 is 69.3 Å². The first-order chi connectivity index (χ1) is 19.4. The standard InChI is InChI=1S/C27H32O14/c1-10-20(31)22(33)24(35)26(38-10)37-9-18-21(32)23(34)25(36)27(41-18)39-13-6-14(29)19-15(30)8-16(40-17(19)7-13)11-2-4-12(28)5-3-11/h2-7,10,16,18,20-29,31-36H,8-9H2,1H3/t10-,16-,18+,20+,21-,22-,23+,24-,25-,26-,27-/m1/s1. The molecule has 0 saturated carbocycles. The maximum Gasteiger partial charge on any atom is 0.229 e. The third-order valence-electron chi connectivity index (χ3n) is 7.39. The molecule has 0 aromatic heterocycles. The van der Waals surface area contributed by atoms with Crippen molar-refractivity contribution in [2.45, 2.75) is 80.9 Å². The van der Waals surface area contributed by atoms with Crippen molar-refractivity contribution >= 4 is 5.78 Å². The molecule has 3 heterocycles. The Labute approximate surface area is 233 Å². The first-order valence-electron chi connectivity index (χ1n) is 13.0. The number of ether oxygens (including phenoxy) is 5. The number of aliphatic hydroxyl groups is 6. The lowest BCUT2D eigenvalue weighted by Gasteiger charge is -2.42. The number of aromatic hydroxyl groups is 2. The Hall–Kier alpha value is -3.05. The van der Waals surface area contributed by atoms with Crippen molar-refractivity contribution in [1.29, 1.82) is 0 Å². The van der Waals surface area contributed by atoms with Gasteiger partial charge in [-0.1, -0.05) is 12.1 Å². The van der Waals surface area contributed by atoms with Crippen molar-refractivity contribution in [1.82, 2.24) is 0 Å². The van der Waals surface area contributed by atoms with Gasteiger partial charge >= 0.3 is 0 Å². The van der Waals surface area contributed by atoms with E-state index in [1.807, 2.05) is 0 Å². The van der Waals surface area contributed by atoms with Crippen LogP contribution in [0, 0.1) is 0 Å². The normalized spacial score (nSPS) is 37.2. The molecule has 11 atom stereocenters. The first-order valence-corrected chi connectivity index (χ1v) is 13.0. The Balaban J connectivity index is 1.30. The molecule has 0 aliphatic carbocycles. The van der Waals surface area contributed by atoms with Crippen LogP contribution in [0.25, 0.3) is 0 Å². The van der Waals surface area contributed by atoms with Gasteiger partial charge in [0, 0.05) is 12.1 Å². The zero-order chi connectivity index (χ0) is 29.6. The maximum absolute atomic E-state index is 12.8. The molecule has 14 heteroatoms. The summed E-state index contributed by atoms with van der Waals surface area (Å²) in [5.41, 5.74) is 0.550. The fourth-order valence-electron chi connectivity index (χ4n) is 4.98. The van der Waals surface area contributed by atoms with E-state index in [0.717, 1.165) is 6.07 Å². The van der Waals surface area contributed by atoms with Crippen LogP contribution < -0.4 is 9.47 Å². The summed E-state index contributed by atoms with van der Waals surface area (Å²) in [5, 5.41) is 81.5. The number of fused-ring (bicyclic) bond motifs is 1. The van der Waals surface area contributed by atoms with E-state index in [-0.39, 0.29) is 29.2 Å². The van der Waals surface area contributed by atoms with Gasteiger partial charge in [-0.25, -0.2) is 0 Å². The van der Waals surface area contributed by atoms with Gasteiger partial charge in [0.05, 0.1) is 19.1 Å². The Bertz CT molecular complexity index is 1240. The predicted octanol–water partition coefficient (Wildman–Crippen LogP) is -1.17. The van der Waals surface area contributed by atoms with E-state index in [4.69, 9.17) is 23.7 Å². The highest BCUT2D eigenvalue weighted by molar-refractivity contribution is 6.02. The van der Waals surface area contributed by atoms with E-state index in [9.17, 15) is 45.6 Å². The quantitative estimate of drug-likeness (QED) is 0.202. The Morgan fingerprint density at radius 3 is 2.20 bits per heavy atom. The van der Waals surface area contributed by atoms with Gasteiger partial charge in [0.15, 0.2) is 12.1 Å². The lowest BCUT2D eigenvalue weighted by atomic mass is 9.95. The van der Waals surface area contributed by atoms with Crippen LogP contribution in [0.5, 0.6) is 23.0 Å². The molecule has 2 saturated heterocycles. The van der Waals surface area contributed by atoms with E-state index < -0.39 is 85.7 Å². The number of aliphatic hydroxyl groups excluding tert-OH is 6. The molecule has 41 heavy (non-hydrogen) atoms. The predicted molar refractivity (Wildman–Crippen MR) is 134 cm³/mol. The molecule has 14 nitrogen and oxygen atoms in total. The summed E-state index contributed by atoms with van der Waals surface area (Å²) in [4.78, 5) is 12.8. The molecular weight excluding hydrogens is 548 g/mol. The zero-order valence-electron chi connectivity index (χ0n) is 21.8. The van der Waals surface area contributed by atoms with Gasteiger partial charge in [0.1, 0.15) is 77.4 Å². The molecule has 0 amide bonds. The minimum absolute atomic E-state index is 0.00149. The minimum Gasteiger partial charge on any atom is -0.508 e. The van der Waals surface area contributed by atoms with E-state index in [0.29, 0.717) is 5.56 Å². The fourth-order valence-corrected chi connectivity index (χ4v) is 4.98. The minimum atomic E-state index is -1.76. The SMILES string of the molecule is C[C@H]1O[C@@H](OC[C@@H]2O[C@@H](Oc3cc(O)c4c(c3)O[C@@H](c3ccc(O)cc3)CC4=O)[C@H](O)[C@@H](O)[C@@H]2O)[C@H](O)[C@H](O)[C@H]1O. The highest BCUT2D eigenvalue weighted by atomic mass is 16.7. The molecule has 8 N–H and O–H groups in total. The Kier molecular flexibility index (Phi) is 8.39. The van der Waals surface area contributed by atoms with E-state index in [1.54, 1.807) is 12.1 Å². The van der Waals surface area contributed by atoms with Crippen LogP contribution in [0.2, 0.25) is 0 Å². The molecule has 0 unspecified atom stereocenters. The number of carbonyl (C=O) groups excluding carboxylic acids is 1. The average molecular weight is 581 g/mol.